The number of thiophene rings is 1. The lowest BCUT2D eigenvalue weighted by atomic mass is 10.1. The second-order valence-corrected chi connectivity index (χ2v) is 8.17. The van der Waals surface area contributed by atoms with Crippen molar-refractivity contribution in [1.82, 2.24) is 9.97 Å². The van der Waals surface area contributed by atoms with Gasteiger partial charge >= 0.3 is 0 Å². The van der Waals surface area contributed by atoms with Crippen LogP contribution in [0.2, 0.25) is 10.0 Å². The molecule has 3 aromatic rings. The first-order valence-electron chi connectivity index (χ1n) is 8.40. The molecule has 2 aromatic heterocycles. The van der Waals surface area contributed by atoms with E-state index in [1.807, 2.05) is 0 Å². The van der Waals surface area contributed by atoms with E-state index in [1.165, 1.54) is 17.7 Å². The summed E-state index contributed by atoms with van der Waals surface area (Å²) < 4.78 is 5.55. The Hall–Kier alpha value is -2.42. The maximum atomic E-state index is 12.4. The van der Waals surface area contributed by atoms with Crippen LogP contribution < -0.4 is 15.8 Å². The van der Waals surface area contributed by atoms with Crippen molar-refractivity contribution in [3.8, 4) is 5.88 Å². The molecule has 0 atom stereocenters. The van der Waals surface area contributed by atoms with Crippen LogP contribution >= 0.6 is 34.5 Å². The van der Waals surface area contributed by atoms with Gasteiger partial charge in [0.05, 0.1) is 21.5 Å². The van der Waals surface area contributed by atoms with Gasteiger partial charge in [0.1, 0.15) is 11.3 Å². The number of hydrogen-bond donors (Lipinski definition) is 2. The van der Waals surface area contributed by atoms with Crippen molar-refractivity contribution in [2.45, 2.75) is 19.3 Å². The molecule has 144 valence electrons. The maximum absolute atomic E-state index is 12.4. The van der Waals surface area contributed by atoms with Gasteiger partial charge in [0.15, 0.2) is 6.61 Å². The van der Waals surface area contributed by atoms with Crippen LogP contribution in [0.5, 0.6) is 5.88 Å². The third-order valence-electron chi connectivity index (χ3n) is 4.38. The number of nitrogens with zero attached hydrogens (tertiary/aromatic N) is 2. The normalized spacial score (nSPS) is 12.8. The van der Waals surface area contributed by atoms with Crippen LogP contribution in [-0.4, -0.2) is 28.4 Å². The second kappa shape index (κ2) is 7.54. The third kappa shape index (κ3) is 3.50. The Morgan fingerprint density at radius 2 is 2.07 bits per heavy atom. The van der Waals surface area contributed by atoms with Crippen LogP contribution in [0.1, 0.15) is 27.2 Å². The Kier molecular flexibility index (Phi) is 5.09. The molecule has 0 bridgehead atoms. The average Bonchev–Trinajstić information content (AvgIpc) is 3.20. The topological polar surface area (TPSA) is 107 Å². The molecule has 0 aliphatic heterocycles. The number of rotatable bonds is 5. The van der Waals surface area contributed by atoms with E-state index in [9.17, 15) is 9.59 Å². The smallest absolute Gasteiger partial charge is 0.262 e. The Labute approximate surface area is 173 Å². The molecule has 1 aliphatic rings. The molecule has 0 spiro atoms. The number of hydrogen-bond acceptors (Lipinski definition) is 6. The minimum Gasteiger partial charge on any atom is -0.467 e. The zero-order valence-corrected chi connectivity index (χ0v) is 16.7. The molecule has 28 heavy (non-hydrogen) atoms. The third-order valence-corrected chi connectivity index (χ3v) is 6.09. The van der Waals surface area contributed by atoms with Crippen LogP contribution in [0.15, 0.2) is 18.5 Å². The van der Waals surface area contributed by atoms with Crippen molar-refractivity contribution >= 4 is 62.3 Å². The number of nitrogens with one attached hydrogen (secondary N) is 1. The number of carbonyl (C=O) groups is 2. The van der Waals surface area contributed by atoms with Gasteiger partial charge in [-0.15, -0.1) is 11.3 Å². The van der Waals surface area contributed by atoms with Crippen molar-refractivity contribution in [1.29, 1.82) is 0 Å². The molecule has 0 saturated heterocycles. The minimum atomic E-state index is -0.540. The highest BCUT2D eigenvalue weighted by Gasteiger charge is 2.26. The van der Waals surface area contributed by atoms with E-state index in [0.29, 0.717) is 31.5 Å². The Morgan fingerprint density at radius 1 is 1.25 bits per heavy atom. The molecular formula is C18H14Cl2N4O3S. The summed E-state index contributed by atoms with van der Waals surface area (Å²) in [6.45, 7) is -0.309. The van der Waals surface area contributed by atoms with Crippen LogP contribution in [-0.2, 0) is 17.6 Å². The minimum absolute atomic E-state index is 0.188. The Morgan fingerprint density at radius 3 is 2.86 bits per heavy atom. The largest absolute Gasteiger partial charge is 0.467 e. The molecule has 1 aliphatic carbocycles. The summed E-state index contributed by atoms with van der Waals surface area (Å²) in [7, 11) is 0. The lowest BCUT2D eigenvalue weighted by Gasteiger charge is -2.09. The number of primary amides is 1. The van der Waals surface area contributed by atoms with Gasteiger partial charge in [-0.1, -0.05) is 23.2 Å². The van der Waals surface area contributed by atoms with E-state index in [4.69, 9.17) is 33.7 Å². The van der Waals surface area contributed by atoms with E-state index in [-0.39, 0.29) is 12.5 Å². The van der Waals surface area contributed by atoms with Gasteiger partial charge in [-0.2, -0.15) is 0 Å². The predicted molar refractivity (Wildman–Crippen MR) is 109 cm³/mol. The summed E-state index contributed by atoms with van der Waals surface area (Å²) in [6, 6.07) is 3.18. The van der Waals surface area contributed by atoms with Gasteiger partial charge in [0.25, 0.3) is 11.8 Å². The molecule has 3 N–H and O–H groups in total. The van der Waals surface area contributed by atoms with Gasteiger partial charge in [-0.05, 0) is 37.0 Å². The lowest BCUT2D eigenvalue weighted by molar-refractivity contribution is -0.118. The average molecular weight is 437 g/mol. The summed E-state index contributed by atoms with van der Waals surface area (Å²) in [5.41, 5.74) is 7.32. The molecule has 10 heteroatoms. The highest BCUT2D eigenvalue weighted by atomic mass is 35.5. The first kappa shape index (κ1) is 18.9. The quantitative estimate of drug-likeness (QED) is 0.634. The molecule has 0 saturated carbocycles. The number of amides is 2. The number of anilines is 1. The fourth-order valence-electron chi connectivity index (χ4n) is 3.23. The van der Waals surface area contributed by atoms with Crippen molar-refractivity contribution in [2.24, 2.45) is 5.73 Å². The highest BCUT2D eigenvalue weighted by Crippen LogP contribution is 2.38. The van der Waals surface area contributed by atoms with Gasteiger partial charge in [0.2, 0.25) is 5.88 Å². The first-order chi connectivity index (χ1) is 13.4. The summed E-state index contributed by atoms with van der Waals surface area (Å²) in [4.78, 5) is 33.4. The van der Waals surface area contributed by atoms with E-state index >= 15 is 0 Å². The fourth-order valence-corrected chi connectivity index (χ4v) is 5.09. The monoisotopic (exact) mass is 436 g/mol. The van der Waals surface area contributed by atoms with Gasteiger partial charge in [-0.3, -0.25) is 9.59 Å². The second-order valence-electron chi connectivity index (χ2n) is 6.23. The molecule has 2 heterocycles. The summed E-state index contributed by atoms with van der Waals surface area (Å²) in [5, 5.41) is 4.45. The van der Waals surface area contributed by atoms with E-state index in [0.717, 1.165) is 29.7 Å². The van der Waals surface area contributed by atoms with Crippen LogP contribution in [0.4, 0.5) is 5.00 Å². The molecule has 0 radical (unpaired) electrons. The van der Waals surface area contributed by atoms with Gasteiger partial charge in [0, 0.05) is 9.90 Å². The number of benzene rings is 1. The number of ether oxygens (including phenoxy) is 1. The lowest BCUT2D eigenvalue weighted by Crippen LogP contribution is -2.22. The molecule has 1 aromatic carbocycles. The molecule has 2 amide bonds. The number of aromatic nitrogens is 2. The Bertz CT molecular complexity index is 1120. The van der Waals surface area contributed by atoms with Crippen molar-refractivity contribution < 1.29 is 14.3 Å². The summed E-state index contributed by atoms with van der Waals surface area (Å²) >= 11 is 13.6. The molecule has 7 nitrogen and oxygen atoms in total. The van der Waals surface area contributed by atoms with Crippen molar-refractivity contribution in [3.63, 3.8) is 0 Å². The molecule has 0 fully saturated rings. The predicted octanol–water partition coefficient (Wildman–Crippen LogP) is 3.60. The molecule has 0 unspecified atom stereocenters. The van der Waals surface area contributed by atoms with Crippen LogP contribution in [0, 0.1) is 0 Å². The van der Waals surface area contributed by atoms with Crippen molar-refractivity contribution in [2.75, 3.05) is 11.9 Å². The Balaban J connectivity index is 1.52. The van der Waals surface area contributed by atoms with Crippen molar-refractivity contribution in [3.05, 3.63) is 44.5 Å². The van der Waals surface area contributed by atoms with Gasteiger partial charge in [-0.25, -0.2) is 9.97 Å². The number of fused-ring (bicyclic) bond motifs is 2. The number of carbonyl (C=O) groups excluding carboxylic acids is 2. The van der Waals surface area contributed by atoms with E-state index in [2.05, 4.69) is 15.3 Å². The zero-order valence-electron chi connectivity index (χ0n) is 14.4. The van der Waals surface area contributed by atoms with Gasteiger partial charge < -0.3 is 15.8 Å². The standard InChI is InChI=1S/C18H14Cl2N4O3S/c19-8-4-10-15(11(20)5-8)22-7-23-17(10)27-6-13(25)24-18-14(16(21)26)9-2-1-3-12(9)28-18/h4-5,7H,1-3,6H2,(H2,21,26)(H,24,25). The van der Waals surface area contributed by atoms with E-state index in [1.54, 1.807) is 12.1 Å². The first-order valence-corrected chi connectivity index (χ1v) is 9.98. The number of aryl methyl sites for hydroxylation is 1. The summed E-state index contributed by atoms with van der Waals surface area (Å²) in [6.07, 6.45) is 3.97. The van der Waals surface area contributed by atoms with Crippen LogP contribution in [0.3, 0.4) is 0 Å². The highest BCUT2D eigenvalue weighted by molar-refractivity contribution is 7.17. The number of nitrogens with two attached hydrogens (primary N) is 1. The number of halogens is 2. The molecular weight excluding hydrogens is 423 g/mol. The molecule has 4 rings (SSSR count). The SMILES string of the molecule is NC(=O)c1c(NC(=O)COc2ncnc3c(Cl)cc(Cl)cc23)sc2c1CCC2. The zero-order chi connectivity index (χ0) is 19.8. The van der Waals surface area contributed by atoms with E-state index < -0.39 is 11.8 Å². The van der Waals surface area contributed by atoms with Crippen LogP contribution in [0.25, 0.3) is 10.9 Å². The maximum Gasteiger partial charge on any atom is 0.262 e. The fraction of sp³-hybridized carbons (Fsp3) is 0.222. The summed E-state index contributed by atoms with van der Waals surface area (Å²) in [5.74, 6) is -0.780.